The summed E-state index contributed by atoms with van der Waals surface area (Å²) >= 11 is 0. The second-order valence-corrected chi connectivity index (χ2v) is 10.8. The third kappa shape index (κ3) is 4.71. The molecule has 92 valence electrons. The third-order valence-electron chi connectivity index (χ3n) is 4.47. The summed E-state index contributed by atoms with van der Waals surface area (Å²) in [5, 5.41) is 0. The van der Waals surface area contributed by atoms with E-state index in [0.29, 0.717) is 0 Å². The van der Waals surface area contributed by atoms with Crippen molar-refractivity contribution in [2.75, 3.05) is 0 Å². The monoisotopic (exact) mass is 228 g/mol. The molecule has 0 radical (unpaired) electrons. The van der Waals surface area contributed by atoms with Crippen LogP contribution in [0.15, 0.2) is 0 Å². The Morgan fingerprint density at radius 3 is 1.80 bits per heavy atom. The number of unbranched alkanes of at least 4 members (excludes halogenated alkanes) is 2. The third-order valence-corrected chi connectivity index (χ3v) is 11.0. The van der Waals surface area contributed by atoms with Crippen LogP contribution in [0.25, 0.3) is 0 Å². The maximum atomic E-state index is 2.55. The lowest BCUT2D eigenvalue weighted by Gasteiger charge is -2.36. The molecule has 0 aliphatic rings. The van der Waals surface area contributed by atoms with E-state index < -0.39 is 8.07 Å². The van der Waals surface area contributed by atoms with Crippen LogP contribution in [-0.4, -0.2) is 8.07 Å². The summed E-state index contributed by atoms with van der Waals surface area (Å²) in [6.07, 6.45) is 7.17. The fraction of sp³-hybridized carbons (Fsp3) is 1.00. The zero-order chi connectivity index (χ0) is 11.7. The maximum Gasteiger partial charge on any atom is 0.0558 e. The Labute approximate surface area is 98.9 Å². The first kappa shape index (κ1) is 15.2. The van der Waals surface area contributed by atoms with Crippen molar-refractivity contribution < 1.29 is 0 Å². The van der Waals surface area contributed by atoms with Gasteiger partial charge in [0.25, 0.3) is 0 Å². The highest BCUT2D eigenvalue weighted by atomic mass is 28.3. The lowest BCUT2D eigenvalue weighted by molar-refractivity contribution is 0.669. The molecule has 0 aromatic heterocycles. The molecule has 0 aliphatic heterocycles. The topological polar surface area (TPSA) is 0 Å². The summed E-state index contributed by atoms with van der Waals surface area (Å²) < 4.78 is 0. The summed E-state index contributed by atoms with van der Waals surface area (Å²) in [6, 6.07) is 4.60. The first-order valence-electron chi connectivity index (χ1n) is 7.16. The van der Waals surface area contributed by atoms with Crippen molar-refractivity contribution in [3.8, 4) is 0 Å². The van der Waals surface area contributed by atoms with E-state index in [1.807, 2.05) is 0 Å². The molecule has 0 aromatic carbocycles. The highest BCUT2D eigenvalue weighted by molar-refractivity contribution is 6.81. The molecule has 0 N–H and O–H groups in total. The number of hydrogen-bond acceptors (Lipinski definition) is 0. The van der Waals surface area contributed by atoms with Gasteiger partial charge in [0.15, 0.2) is 0 Å². The second kappa shape index (κ2) is 8.38. The number of hydrogen-bond donors (Lipinski definition) is 0. The molecule has 1 heteroatoms. The molecule has 0 aliphatic carbocycles. The van der Waals surface area contributed by atoms with Gasteiger partial charge in [-0.25, -0.2) is 0 Å². The van der Waals surface area contributed by atoms with Crippen LogP contribution in [0.5, 0.6) is 0 Å². The molecule has 0 bridgehead atoms. The van der Waals surface area contributed by atoms with Crippen LogP contribution in [-0.2, 0) is 0 Å². The quantitative estimate of drug-likeness (QED) is 0.434. The van der Waals surface area contributed by atoms with Crippen molar-refractivity contribution >= 4 is 8.07 Å². The van der Waals surface area contributed by atoms with Crippen LogP contribution in [0.2, 0.25) is 23.7 Å². The van der Waals surface area contributed by atoms with Gasteiger partial charge in [0.05, 0.1) is 8.07 Å². The molecular weight excluding hydrogens is 196 g/mol. The zero-order valence-electron chi connectivity index (χ0n) is 11.7. The SMILES string of the molecule is CCCCC(C)[Si](CC)(CC)CCCC. The summed E-state index contributed by atoms with van der Waals surface area (Å²) in [6.45, 7) is 12.1. The molecular formula is C14H32Si. The van der Waals surface area contributed by atoms with Gasteiger partial charge in [-0.3, -0.25) is 0 Å². The van der Waals surface area contributed by atoms with E-state index in [0.717, 1.165) is 5.54 Å². The molecule has 0 fully saturated rings. The van der Waals surface area contributed by atoms with Gasteiger partial charge in [-0.15, -0.1) is 0 Å². The zero-order valence-corrected chi connectivity index (χ0v) is 12.7. The smallest absolute Gasteiger partial charge is 0.0558 e. The van der Waals surface area contributed by atoms with Crippen LogP contribution >= 0.6 is 0 Å². The summed E-state index contributed by atoms with van der Waals surface area (Å²) in [5.74, 6) is 0. The van der Waals surface area contributed by atoms with Crippen molar-refractivity contribution in [1.82, 2.24) is 0 Å². The largest absolute Gasteiger partial charge is 0.0678 e. The predicted octanol–water partition coefficient (Wildman–Crippen LogP) is 5.86. The van der Waals surface area contributed by atoms with Gasteiger partial charge >= 0.3 is 0 Å². The van der Waals surface area contributed by atoms with Gasteiger partial charge in [0.2, 0.25) is 0 Å². The predicted molar refractivity (Wildman–Crippen MR) is 75.4 cm³/mol. The Kier molecular flexibility index (Phi) is 8.50. The fourth-order valence-corrected chi connectivity index (χ4v) is 7.86. The second-order valence-electron chi connectivity index (χ2n) is 5.22. The molecule has 0 saturated carbocycles. The lowest BCUT2D eigenvalue weighted by Crippen LogP contribution is -2.37. The molecule has 0 amide bonds. The van der Waals surface area contributed by atoms with Crippen molar-refractivity contribution in [3.63, 3.8) is 0 Å². The first-order chi connectivity index (χ1) is 7.16. The summed E-state index contributed by atoms with van der Waals surface area (Å²) in [7, 11) is -0.905. The van der Waals surface area contributed by atoms with Crippen molar-refractivity contribution in [3.05, 3.63) is 0 Å². The molecule has 0 heterocycles. The van der Waals surface area contributed by atoms with E-state index in [1.54, 1.807) is 6.04 Å². The van der Waals surface area contributed by atoms with Crippen LogP contribution in [0.1, 0.15) is 66.7 Å². The van der Waals surface area contributed by atoms with E-state index in [2.05, 4.69) is 34.6 Å². The Bertz CT molecular complexity index is 138. The van der Waals surface area contributed by atoms with Gasteiger partial charge in [0, 0.05) is 0 Å². The van der Waals surface area contributed by atoms with Gasteiger partial charge in [-0.2, -0.15) is 0 Å². The van der Waals surface area contributed by atoms with Gasteiger partial charge < -0.3 is 0 Å². The standard InChI is InChI=1S/C14H32Si/c1-6-10-12-14(5)15(8-3,9-4)13-11-7-2/h14H,6-13H2,1-5H3. The first-order valence-corrected chi connectivity index (χ1v) is 9.86. The van der Waals surface area contributed by atoms with E-state index in [4.69, 9.17) is 0 Å². The van der Waals surface area contributed by atoms with Crippen molar-refractivity contribution in [1.29, 1.82) is 0 Å². The van der Waals surface area contributed by atoms with Crippen molar-refractivity contribution in [2.24, 2.45) is 0 Å². The Balaban J connectivity index is 4.30. The lowest BCUT2D eigenvalue weighted by atomic mass is 10.2. The van der Waals surface area contributed by atoms with E-state index in [9.17, 15) is 0 Å². The Morgan fingerprint density at radius 2 is 1.40 bits per heavy atom. The molecule has 0 aromatic rings. The van der Waals surface area contributed by atoms with E-state index in [1.165, 1.54) is 44.2 Å². The highest BCUT2D eigenvalue weighted by Crippen LogP contribution is 2.37. The van der Waals surface area contributed by atoms with Gasteiger partial charge in [-0.1, -0.05) is 84.9 Å². The van der Waals surface area contributed by atoms with Crippen LogP contribution in [0.3, 0.4) is 0 Å². The van der Waals surface area contributed by atoms with Gasteiger partial charge in [-0.05, 0) is 5.54 Å². The Morgan fingerprint density at radius 1 is 0.867 bits per heavy atom. The highest BCUT2D eigenvalue weighted by Gasteiger charge is 2.33. The summed E-state index contributed by atoms with van der Waals surface area (Å²) in [4.78, 5) is 0. The maximum absolute atomic E-state index is 2.55. The van der Waals surface area contributed by atoms with Gasteiger partial charge in [0.1, 0.15) is 0 Å². The minimum Gasteiger partial charge on any atom is -0.0678 e. The molecule has 0 saturated heterocycles. The normalized spacial score (nSPS) is 14.2. The minimum absolute atomic E-state index is 0.905. The summed E-state index contributed by atoms with van der Waals surface area (Å²) in [5.41, 5.74) is 1.05. The fourth-order valence-electron chi connectivity index (χ4n) is 2.89. The molecule has 0 rings (SSSR count). The average molecular weight is 228 g/mol. The Hall–Kier alpha value is 0.217. The number of rotatable bonds is 9. The van der Waals surface area contributed by atoms with E-state index >= 15 is 0 Å². The molecule has 1 atom stereocenters. The molecule has 15 heavy (non-hydrogen) atoms. The van der Waals surface area contributed by atoms with Crippen LogP contribution < -0.4 is 0 Å². The molecule has 0 spiro atoms. The molecule has 1 unspecified atom stereocenters. The minimum atomic E-state index is -0.905. The van der Waals surface area contributed by atoms with Crippen LogP contribution in [0.4, 0.5) is 0 Å². The average Bonchev–Trinajstić information content (AvgIpc) is 2.28. The molecule has 0 nitrogen and oxygen atoms in total. The van der Waals surface area contributed by atoms with Crippen molar-refractivity contribution in [2.45, 2.75) is 90.4 Å². The van der Waals surface area contributed by atoms with E-state index in [-0.39, 0.29) is 0 Å². The van der Waals surface area contributed by atoms with Crippen LogP contribution in [0, 0.1) is 0 Å².